The van der Waals surface area contributed by atoms with E-state index in [9.17, 15) is 13.6 Å². The first-order valence-electron chi connectivity index (χ1n) is 7.68. The Hall–Kier alpha value is -3.22. The molecule has 0 saturated heterocycles. The molecule has 0 atom stereocenters. The van der Waals surface area contributed by atoms with Crippen LogP contribution in [-0.2, 0) is 9.53 Å². The van der Waals surface area contributed by atoms with Crippen LogP contribution in [0.3, 0.4) is 0 Å². The van der Waals surface area contributed by atoms with Crippen molar-refractivity contribution in [2.75, 3.05) is 7.11 Å². The van der Waals surface area contributed by atoms with E-state index >= 15 is 0 Å². The van der Waals surface area contributed by atoms with Crippen LogP contribution in [0, 0.1) is 6.92 Å². The molecular weight excluding hydrogens is 344 g/mol. The summed E-state index contributed by atoms with van der Waals surface area (Å²) >= 11 is 0. The van der Waals surface area contributed by atoms with Gasteiger partial charge in [-0.3, -0.25) is 0 Å². The zero-order valence-electron chi connectivity index (χ0n) is 14.0. The van der Waals surface area contributed by atoms with Crippen LogP contribution >= 0.6 is 0 Å². The van der Waals surface area contributed by atoms with Gasteiger partial charge in [0.15, 0.2) is 17.2 Å². The van der Waals surface area contributed by atoms with Crippen molar-refractivity contribution in [2.45, 2.75) is 13.5 Å². The average Bonchev–Trinajstić information content (AvgIpc) is 2.96. The van der Waals surface area contributed by atoms with Crippen LogP contribution in [0.1, 0.15) is 16.7 Å². The molecule has 26 heavy (non-hydrogen) atoms. The number of carbonyl (C=O) groups excluding carboxylic acids is 1. The highest BCUT2D eigenvalue weighted by Gasteiger charge is 2.24. The summed E-state index contributed by atoms with van der Waals surface area (Å²) in [6, 6.07) is 11.7. The molecule has 0 spiro atoms. The van der Waals surface area contributed by atoms with Gasteiger partial charge in [-0.1, -0.05) is 23.8 Å². The van der Waals surface area contributed by atoms with Crippen molar-refractivity contribution in [3.63, 3.8) is 0 Å². The Morgan fingerprint density at radius 1 is 1.15 bits per heavy atom. The van der Waals surface area contributed by atoms with Crippen molar-refractivity contribution in [1.82, 2.24) is 0 Å². The fraction of sp³-hybridized carbons (Fsp3) is 0.158. The van der Waals surface area contributed by atoms with Crippen LogP contribution in [0.2, 0.25) is 0 Å². The monoisotopic (exact) mass is 359 g/mol. The molecule has 1 heterocycles. The number of hydrogen-bond acceptors (Lipinski definition) is 5. The molecule has 2 aromatic carbocycles. The van der Waals surface area contributed by atoms with Crippen molar-refractivity contribution < 1.29 is 27.8 Å². The number of carbonyl (C=O) groups is 1. The average molecular weight is 359 g/mol. The number of rotatable bonds is 5. The molecule has 1 aliphatic heterocycles. The molecule has 2 aromatic rings. The predicted octanol–water partition coefficient (Wildman–Crippen LogP) is 3.95. The van der Waals surface area contributed by atoms with Crippen LogP contribution < -0.4 is 9.47 Å². The molecule has 0 amide bonds. The lowest BCUT2D eigenvalue weighted by Crippen LogP contribution is -2.05. The SMILES string of the molecule is COc1cc(C=C2N=C(c3cccc(C)c3)OC2=O)ccc1OC(F)F. The number of hydrogen-bond donors (Lipinski definition) is 0. The molecule has 0 radical (unpaired) electrons. The topological polar surface area (TPSA) is 57.1 Å². The van der Waals surface area contributed by atoms with E-state index in [2.05, 4.69) is 9.73 Å². The van der Waals surface area contributed by atoms with Gasteiger partial charge in [-0.2, -0.15) is 8.78 Å². The van der Waals surface area contributed by atoms with E-state index in [0.29, 0.717) is 11.1 Å². The lowest BCUT2D eigenvalue weighted by atomic mass is 10.1. The van der Waals surface area contributed by atoms with E-state index in [0.717, 1.165) is 5.56 Å². The lowest BCUT2D eigenvalue weighted by Gasteiger charge is -2.10. The predicted molar refractivity (Wildman–Crippen MR) is 91.4 cm³/mol. The van der Waals surface area contributed by atoms with Gasteiger partial charge in [0.25, 0.3) is 0 Å². The van der Waals surface area contributed by atoms with Gasteiger partial charge < -0.3 is 14.2 Å². The molecule has 0 unspecified atom stereocenters. The van der Waals surface area contributed by atoms with Gasteiger partial charge in [-0.15, -0.1) is 0 Å². The molecule has 0 aliphatic carbocycles. The molecule has 5 nitrogen and oxygen atoms in total. The van der Waals surface area contributed by atoms with Crippen LogP contribution in [0.5, 0.6) is 11.5 Å². The number of benzene rings is 2. The maximum Gasteiger partial charge on any atom is 0.387 e. The molecule has 0 aromatic heterocycles. The summed E-state index contributed by atoms with van der Waals surface area (Å²) < 4.78 is 39.4. The second-order valence-corrected chi connectivity index (χ2v) is 5.49. The molecule has 0 fully saturated rings. The van der Waals surface area contributed by atoms with Gasteiger partial charge in [0.05, 0.1) is 7.11 Å². The largest absolute Gasteiger partial charge is 0.493 e. The number of nitrogens with zero attached hydrogens (tertiary/aromatic N) is 1. The van der Waals surface area contributed by atoms with Crippen LogP contribution in [0.15, 0.2) is 53.2 Å². The minimum atomic E-state index is -2.96. The normalized spacial score (nSPS) is 15.2. The van der Waals surface area contributed by atoms with Crippen molar-refractivity contribution in [3.8, 4) is 11.5 Å². The van der Waals surface area contributed by atoms with E-state index in [1.165, 1.54) is 31.4 Å². The lowest BCUT2D eigenvalue weighted by molar-refractivity contribution is -0.129. The van der Waals surface area contributed by atoms with Crippen LogP contribution in [0.25, 0.3) is 6.08 Å². The van der Waals surface area contributed by atoms with Crippen LogP contribution in [-0.4, -0.2) is 25.6 Å². The number of esters is 1. The Bertz CT molecular complexity index is 906. The summed E-state index contributed by atoms with van der Waals surface area (Å²) in [5.41, 5.74) is 2.34. The minimum Gasteiger partial charge on any atom is -0.493 e. The maximum atomic E-state index is 12.4. The second-order valence-electron chi connectivity index (χ2n) is 5.49. The number of aliphatic imine (C=N–C) groups is 1. The van der Waals surface area contributed by atoms with E-state index in [4.69, 9.17) is 9.47 Å². The first-order chi connectivity index (χ1) is 12.5. The first kappa shape index (κ1) is 17.6. The number of aryl methyl sites for hydroxylation is 1. The summed E-state index contributed by atoms with van der Waals surface area (Å²) in [7, 11) is 1.34. The zero-order valence-corrected chi connectivity index (χ0v) is 14.0. The summed E-state index contributed by atoms with van der Waals surface area (Å²) in [4.78, 5) is 16.3. The number of cyclic esters (lactones) is 1. The van der Waals surface area contributed by atoms with E-state index in [1.54, 1.807) is 6.07 Å². The van der Waals surface area contributed by atoms with E-state index in [1.807, 2.05) is 25.1 Å². The van der Waals surface area contributed by atoms with Crippen molar-refractivity contribution in [3.05, 3.63) is 64.9 Å². The summed E-state index contributed by atoms with van der Waals surface area (Å²) in [6.45, 7) is -1.04. The van der Waals surface area contributed by atoms with Crippen molar-refractivity contribution in [2.24, 2.45) is 4.99 Å². The molecule has 7 heteroatoms. The zero-order chi connectivity index (χ0) is 18.7. The van der Waals surface area contributed by atoms with Gasteiger partial charge in [-0.25, -0.2) is 9.79 Å². The number of alkyl halides is 2. The highest BCUT2D eigenvalue weighted by Crippen LogP contribution is 2.31. The Morgan fingerprint density at radius 3 is 2.65 bits per heavy atom. The summed E-state index contributed by atoms with van der Waals surface area (Å²) in [5.74, 6) is -0.348. The molecule has 134 valence electrons. The summed E-state index contributed by atoms with van der Waals surface area (Å²) in [6.07, 6.45) is 1.49. The van der Waals surface area contributed by atoms with Crippen molar-refractivity contribution in [1.29, 1.82) is 0 Å². The van der Waals surface area contributed by atoms with Gasteiger partial charge >= 0.3 is 12.6 Å². The third kappa shape index (κ3) is 3.88. The van der Waals surface area contributed by atoms with E-state index in [-0.39, 0.29) is 23.1 Å². The highest BCUT2D eigenvalue weighted by atomic mass is 19.3. The van der Waals surface area contributed by atoms with Crippen molar-refractivity contribution >= 4 is 17.9 Å². The smallest absolute Gasteiger partial charge is 0.387 e. The summed E-state index contributed by atoms with van der Waals surface area (Å²) in [5, 5.41) is 0. The number of ether oxygens (including phenoxy) is 3. The number of methoxy groups -OCH3 is 1. The standard InChI is InChI=1S/C19H15F2NO4/c1-11-4-3-5-13(8-11)17-22-14(18(23)26-17)9-12-6-7-15(25-19(20)21)16(10-12)24-2/h3-10,19H,1-2H3. The van der Waals surface area contributed by atoms with Gasteiger partial charge in [0, 0.05) is 5.56 Å². The Balaban J connectivity index is 1.90. The Labute approximate surface area is 148 Å². The Morgan fingerprint density at radius 2 is 1.96 bits per heavy atom. The fourth-order valence-corrected chi connectivity index (χ4v) is 2.44. The third-order valence-electron chi connectivity index (χ3n) is 3.59. The quantitative estimate of drug-likeness (QED) is 0.599. The van der Waals surface area contributed by atoms with E-state index < -0.39 is 12.6 Å². The molecule has 0 saturated carbocycles. The minimum absolute atomic E-state index is 0.0948. The maximum absolute atomic E-state index is 12.4. The van der Waals surface area contributed by atoms with Gasteiger partial charge in [0.1, 0.15) is 0 Å². The molecule has 1 aliphatic rings. The Kier molecular flexibility index (Phi) is 4.97. The molecule has 0 bridgehead atoms. The second kappa shape index (κ2) is 7.35. The highest BCUT2D eigenvalue weighted by molar-refractivity contribution is 6.12. The molecule has 0 N–H and O–H groups in total. The van der Waals surface area contributed by atoms with Crippen LogP contribution in [0.4, 0.5) is 8.78 Å². The fourth-order valence-electron chi connectivity index (χ4n) is 2.44. The number of halogens is 2. The third-order valence-corrected chi connectivity index (χ3v) is 3.59. The first-order valence-corrected chi connectivity index (χ1v) is 7.68. The van der Waals surface area contributed by atoms with Gasteiger partial charge in [-0.05, 0) is 42.8 Å². The molecule has 3 rings (SSSR count). The van der Waals surface area contributed by atoms with Gasteiger partial charge in [0.2, 0.25) is 5.90 Å². The molecular formula is C19H15F2NO4.